The molecule has 1 saturated heterocycles. The number of rotatable bonds is 8. The Kier molecular flexibility index (Phi) is 11.1. The molecule has 16 heteroatoms. The van der Waals surface area contributed by atoms with Gasteiger partial charge in [0, 0.05) is 11.5 Å². The number of thiophene rings is 1. The van der Waals surface area contributed by atoms with Gasteiger partial charge >= 0.3 is 59.1 Å². The predicted octanol–water partition coefficient (Wildman–Crippen LogP) is -6.98. The number of nitrogens with zero attached hydrogens (tertiary/aromatic N) is 3. The molecule has 1 fully saturated rings. The molecule has 2 aromatic heterocycles. The summed E-state index contributed by atoms with van der Waals surface area (Å²) in [4.78, 5) is 49.1. The minimum absolute atomic E-state index is 0. The zero-order chi connectivity index (χ0) is 23.0. The number of carbonyl (C=O) groups is 4. The van der Waals surface area contributed by atoms with E-state index in [2.05, 4.69) is 15.5 Å². The number of thioether (sulfide) groups is 2. The fourth-order valence-corrected chi connectivity index (χ4v) is 7.38. The Balaban J connectivity index is 0.00000204. The van der Waals surface area contributed by atoms with Crippen LogP contribution in [0.1, 0.15) is 20.2 Å². The van der Waals surface area contributed by atoms with Crippen LogP contribution in [0, 0.1) is 6.92 Å². The Labute approximate surface area is 254 Å². The van der Waals surface area contributed by atoms with E-state index in [0.717, 1.165) is 21.2 Å². The quantitative estimate of drug-likeness (QED) is 0.188. The van der Waals surface area contributed by atoms with E-state index >= 15 is 0 Å². The van der Waals surface area contributed by atoms with Crippen LogP contribution in [-0.2, 0) is 20.8 Å². The van der Waals surface area contributed by atoms with Crippen LogP contribution in [-0.4, -0.2) is 61.8 Å². The molecule has 2 aromatic rings. The maximum atomic E-state index is 12.7. The summed E-state index contributed by atoms with van der Waals surface area (Å²) in [6, 6.07) is 0.617. The monoisotopic (exact) mass is 556 g/mol. The first kappa shape index (κ1) is 29.8. The molecule has 2 aliphatic rings. The molecule has 2 aliphatic heterocycles. The smallest absolute Gasteiger partial charge is 0.544 e. The van der Waals surface area contributed by atoms with Crippen LogP contribution in [0.4, 0.5) is 0 Å². The van der Waals surface area contributed by atoms with Gasteiger partial charge in [0.15, 0.2) is 4.34 Å². The van der Waals surface area contributed by atoms with Crippen molar-refractivity contribution in [2.75, 3.05) is 11.5 Å². The zero-order valence-electron chi connectivity index (χ0n) is 18.4. The van der Waals surface area contributed by atoms with Crippen molar-refractivity contribution in [1.29, 1.82) is 0 Å². The number of hydrogen-bond acceptors (Lipinski definition) is 12. The zero-order valence-corrected chi connectivity index (χ0v) is 25.6. The number of hydrogen-bond donors (Lipinski definition) is 1. The number of nitrogens with one attached hydrogen (secondary N) is 1. The first-order valence-corrected chi connectivity index (χ1v) is 12.9. The standard InChI is InChI=1S/C18H16N4O6S4.2Na/c1-7-20-21-18(32-7)31-6-9-5-30-15-11(14(24)22(15)12(9)16(25)26)19-10(23)4-8-2-3-29-13(8)17(27)28;;/h2-3,11,15H,4-6H2,1H3,(H,19,23)(H,25,26)(H,27,28);;/q;2*+1/p-2/t11?,15-;;/m0../s1. The van der Waals surface area contributed by atoms with Crippen molar-refractivity contribution in [3.63, 3.8) is 0 Å². The van der Waals surface area contributed by atoms with Crippen molar-refractivity contribution in [3.8, 4) is 0 Å². The Morgan fingerprint density at radius 3 is 2.59 bits per heavy atom. The summed E-state index contributed by atoms with van der Waals surface area (Å²) in [7, 11) is 0. The molecule has 0 aromatic carbocycles. The molecule has 1 unspecified atom stereocenters. The largest absolute Gasteiger partial charge is 1.00 e. The fourth-order valence-electron chi connectivity index (χ4n) is 3.32. The number of fused-ring (bicyclic) bond motifs is 1. The van der Waals surface area contributed by atoms with Gasteiger partial charge in [-0.05, 0) is 29.5 Å². The second-order valence-electron chi connectivity index (χ2n) is 6.81. The Morgan fingerprint density at radius 1 is 1.24 bits per heavy atom. The van der Waals surface area contributed by atoms with Crippen LogP contribution in [0.15, 0.2) is 27.1 Å². The topological polar surface area (TPSA) is 155 Å². The molecule has 0 radical (unpaired) electrons. The average molecular weight is 557 g/mol. The Bertz CT molecular complexity index is 1150. The molecular weight excluding hydrogens is 542 g/mol. The van der Waals surface area contributed by atoms with Gasteiger partial charge in [-0.25, -0.2) is 0 Å². The molecule has 2 amide bonds. The van der Waals surface area contributed by atoms with E-state index in [0.29, 0.717) is 27.0 Å². The van der Waals surface area contributed by atoms with E-state index in [1.807, 2.05) is 6.92 Å². The number of aryl methyl sites for hydroxylation is 1. The predicted molar refractivity (Wildman–Crippen MR) is 115 cm³/mol. The summed E-state index contributed by atoms with van der Waals surface area (Å²) in [5.41, 5.74) is 0.670. The molecular formula is C18H14N4Na2O6S4. The van der Waals surface area contributed by atoms with E-state index in [9.17, 15) is 29.4 Å². The number of amides is 2. The van der Waals surface area contributed by atoms with Crippen LogP contribution in [0.2, 0.25) is 0 Å². The third-order valence-electron chi connectivity index (χ3n) is 4.72. The number of β-lactam (4-membered cyclic amide) rings is 1. The van der Waals surface area contributed by atoms with E-state index < -0.39 is 35.2 Å². The maximum Gasteiger partial charge on any atom is 1.00 e. The number of aliphatic carboxylic acids is 1. The summed E-state index contributed by atoms with van der Waals surface area (Å²) >= 11 is 5.03. The molecule has 0 saturated carbocycles. The van der Waals surface area contributed by atoms with Crippen LogP contribution in [0.3, 0.4) is 0 Å². The van der Waals surface area contributed by atoms with Gasteiger partial charge in [0.1, 0.15) is 16.4 Å². The van der Waals surface area contributed by atoms with Crippen LogP contribution >= 0.6 is 46.2 Å². The molecule has 4 rings (SSSR count). The first-order chi connectivity index (χ1) is 15.3. The molecule has 10 nitrogen and oxygen atoms in total. The second kappa shape index (κ2) is 12.7. The van der Waals surface area contributed by atoms with E-state index in [4.69, 9.17) is 0 Å². The van der Waals surface area contributed by atoms with Gasteiger partial charge in [0.05, 0.1) is 28.9 Å². The minimum Gasteiger partial charge on any atom is -0.544 e. The second-order valence-corrected chi connectivity index (χ2v) is 11.2. The maximum absolute atomic E-state index is 12.7. The Hall–Kier alpha value is -0.420. The first-order valence-electron chi connectivity index (χ1n) is 9.14. The van der Waals surface area contributed by atoms with Crippen LogP contribution in [0.25, 0.3) is 0 Å². The Morgan fingerprint density at radius 2 is 1.97 bits per heavy atom. The summed E-state index contributed by atoms with van der Waals surface area (Å²) in [5.74, 6) is -3.22. The van der Waals surface area contributed by atoms with E-state index in [1.54, 1.807) is 5.38 Å². The van der Waals surface area contributed by atoms with Gasteiger partial charge in [-0.15, -0.1) is 33.3 Å². The summed E-state index contributed by atoms with van der Waals surface area (Å²) < 4.78 is 0.698. The van der Waals surface area contributed by atoms with Gasteiger partial charge in [-0.2, -0.15) is 0 Å². The molecule has 34 heavy (non-hydrogen) atoms. The van der Waals surface area contributed by atoms with Crippen molar-refractivity contribution in [2.45, 2.75) is 29.1 Å². The van der Waals surface area contributed by atoms with Crippen LogP contribution in [0.5, 0.6) is 0 Å². The van der Waals surface area contributed by atoms with E-state index in [-0.39, 0.29) is 76.1 Å². The van der Waals surface area contributed by atoms with Crippen molar-refractivity contribution in [2.24, 2.45) is 0 Å². The van der Waals surface area contributed by atoms with Gasteiger partial charge in [-0.3, -0.25) is 14.5 Å². The number of aromatic carboxylic acids is 1. The minimum atomic E-state index is -1.45. The molecule has 0 aliphatic carbocycles. The molecule has 1 N–H and O–H groups in total. The number of aromatic nitrogens is 2. The molecule has 4 heterocycles. The third kappa shape index (κ3) is 6.28. The summed E-state index contributed by atoms with van der Waals surface area (Å²) in [5, 5.41) is 35.2. The van der Waals surface area contributed by atoms with Crippen molar-refractivity contribution < 1.29 is 88.5 Å². The molecule has 0 bridgehead atoms. The fraction of sp³-hybridized carbons (Fsp3) is 0.333. The third-order valence-corrected chi connectivity index (χ3v) is 9.05. The number of carboxylic acid groups (broad SMARTS) is 2. The molecule has 0 spiro atoms. The van der Waals surface area contributed by atoms with Gasteiger partial charge in [0.2, 0.25) is 5.91 Å². The van der Waals surface area contributed by atoms with Crippen molar-refractivity contribution >= 4 is 70.0 Å². The van der Waals surface area contributed by atoms with E-state index in [1.165, 1.54) is 40.9 Å². The van der Waals surface area contributed by atoms with Crippen LogP contribution < -0.4 is 74.6 Å². The SMILES string of the molecule is Cc1nnc(SCC2=C(C(=O)[O-])N3C(=O)C(NC(=O)Cc4ccsc4C(=O)[O-])[C@@H]3SC2)s1.[Na+].[Na+]. The summed E-state index contributed by atoms with van der Waals surface area (Å²) in [6.07, 6.45) is -0.222. The van der Waals surface area contributed by atoms with Crippen molar-refractivity contribution in [3.05, 3.63) is 38.2 Å². The molecule has 168 valence electrons. The summed E-state index contributed by atoms with van der Waals surface area (Å²) in [6.45, 7) is 1.82. The normalized spacial score (nSPS) is 18.9. The van der Waals surface area contributed by atoms with Gasteiger partial charge < -0.3 is 25.1 Å². The number of carbonyl (C=O) groups excluding carboxylic acids is 4. The van der Waals surface area contributed by atoms with Gasteiger partial charge in [0.25, 0.3) is 5.91 Å². The average Bonchev–Trinajstić information content (AvgIpc) is 3.38. The van der Waals surface area contributed by atoms with Crippen molar-refractivity contribution in [1.82, 2.24) is 20.4 Å². The number of carboxylic acids is 2. The molecule has 2 atom stereocenters. The van der Waals surface area contributed by atoms with Gasteiger partial charge in [-0.1, -0.05) is 23.1 Å².